The Balaban J connectivity index is 1.87. The van der Waals surface area contributed by atoms with Crippen LogP contribution in [0.25, 0.3) is 0 Å². The minimum Gasteiger partial charge on any atom is -0.478 e. The third kappa shape index (κ3) is 4.56. The van der Waals surface area contributed by atoms with Gasteiger partial charge >= 0.3 is 0 Å². The van der Waals surface area contributed by atoms with Gasteiger partial charge in [0.05, 0.1) is 11.9 Å². The molecular formula is C18H18BrClN2O4S. The van der Waals surface area contributed by atoms with Crippen molar-refractivity contribution in [2.45, 2.75) is 19.4 Å². The van der Waals surface area contributed by atoms with Crippen LogP contribution in [0.15, 0.2) is 40.9 Å². The van der Waals surface area contributed by atoms with Crippen LogP contribution in [0.3, 0.4) is 0 Å². The van der Waals surface area contributed by atoms with Crippen molar-refractivity contribution in [2.24, 2.45) is 0 Å². The van der Waals surface area contributed by atoms with E-state index >= 15 is 0 Å². The zero-order chi connectivity index (χ0) is 19.8. The minimum absolute atomic E-state index is 0.115. The number of hydrogen-bond acceptors (Lipinski definition) is 4. The maximum atomic E-state index is 12.7. The molecule has 0 aromatic heterocycles. The lowest BCUT2D eigenvalue weighted by atomic mass is 10.2. The number of rotatable bonds is 3. The lowest BCUT2D eigenvalue weighted by molar-refractivity contribution is -0.122. The fraction of sp³-hybridized carbons (Fsp3) is 0.278. The number of fused-ring (bicyclic) bond motifs is 1. The first-order chi connectivity index (χ1) is 12.6. The number of carbonyl (C=O) groups is 1. The number of nitrogens with zero attached hydrogens (tertiary/aromatic N) is 1. The van der Waals surface area contributed by atoms with Crippen LogP contribution in [-0.4, -0.2) is 33.2 Å². The van der Waals surface area contributed by atoms with E-state index in [4.69, 9.17) is 16.3 Å². The van der Waals surface area contributed by atoms with Gasteiger partial charge in [-0.2, -0.15) is 0 Å². The Morgan fingerprint density at radius 1 is 1.30 bits per heavy atom. The number of anilines is 2. The average molecular weight is 474 g/mol. The van der Waals surface area contributed by atoms with E-state index in [-0.39, 0.29) is 18.9 Å². The maximum Gasteiger partial charge on any atom is 0.265 e. The number of sulfonamides is 1. The summed E-state index contributed by atoms with van der Waals surface area (Å²) in [6, 6.07) is 10.2. The summed E-state index contributed by atoms with van der Waals surface area (Å²) in [5.41, 5.74) is 1.96. The third-order valence-electron chi connectivity index (χ3n) is 4.17. The molecule has 6 nitrogen and oxygen atoms in total. The number of amides is 1. The Morgan fingerprint density at radius 2 is 2.04 bits per heavy atom. The fourth-order valence-electron chi connectivity index (χ4n) is 2.83. The van der Waals surface area contributed by atoms with Crippen LogP contribution in [0.1, 0.15) is 12.0 Å². The topological polar surface area (TPSA) is 75.7 Å². The molecule has 1 heterocycles. The van der Waals surface area contributed by atoms with E-state index in [0.717, 1.165) is 16.3 Å². The number of hydrogen-bond donors (Lipinski definition) is 1. The van der Waals surface area contributed by atoms with E-state index in [1.54, 1.807) is 18.2 Å². The highest BCUT2D eigenvalue weighted by Gasteiger charge is 2.31. The Bertz CT molecular complexity index is 997. The molecule has 3 rings (SSSR count). The van der Waals surface area contributed by atoms with Crippen LogP contribution >= 0.6 is 27.5 Å². The second kappa shape index (κ2) is 7.69. The van der Waals surface area contributed by atoms with Crippen molar-refractivity contribution in [2.75, 3.05) is 22.4 Å². The Morgan fingerprint density at radius 3 is 2.70 bits per heavy atom. The molecule has 0 saturated heterocycles. The van der Waals surface area contributed by atoms with Gasteiger partial charge in [0, 0.05) is 28.1 Å². The van der Waals surface area contributed by atoms with Crippen molar-refractivity contribution in [3.05, 3.63) is 51.5 Å². The summed E-state index contributed by atoms with van der Waals surface area (Å²) in [5.74, 6) is -0.0394. The van der Waals surface area contributed by atoms with E-state index in [1.807, 2.05) is 19.1 Å². The quantitative estimate of drug-likeness (QED) is 0.732. The summed E-state index contributed by atoms with van der Waals surface area (Å²) < 4.78 is 32.3. The van der Waals surface area contributed by atoms with Crippen molar-refractivity contribution in [3.63, 3.8) is 0 Å². The van der Waals surface area contributed by atoms with E-state index in [2.05, 4.69) is 21.2 Å². The molecule has 0 aliphatic carbocycles. The summed E-state index contributed by atoms with van der Waals surface area (Å²) in [5, 5.41) is 3.21. The van der Waals surface area contributed by atoms with Crippen LogP contribution in [0.4, 0.5) is 11.4 Å². The van der Waals surface area contributed by atoms with Crippen molar-refractivity contribution in [1.29, 1.82) is 0 Å². The molecule has 0 spiro atoms. The summed E-state index contributed by atoms with van der Waals surface area (Å²) in [6.07, 6.45) is 0.490. The number of ether oxygens (including phenoxy) is 1. The Hall–Kier alpha value is -1.77. The van der Waals surface area contributed by atoms with Gasteiger partial charge in [-0.1, -0.05) is 27.5 Å². The van der Waals surface area contributed by atoms with Crippen LogP contribution in [0, 0.1) is 6.92 Å². The molecular weight excluding hydrogens is 456 g/mol. The molecule has 0 radical (unpaired) electrons. The molecule has 1 N–H and O–H groups in total. The Labute approximate surface area is 171 Å². The second-order valence-electron chi connectivity index (χ2n) is 6.30. The molecule has 2 aromatic carbocycles. The molecule has 0 fully saturated rings. The highest BCUT2D eigenvalue weighted by atomic mass is 79.9. The predicted octanol–water partition coefficient (Wildman–Crippen LogP) is 3.97. The number of nitrogens with one attached hydrogen (secondary N) is 1. The summed E-state index contributed by atoms with van der Waals surface area (Å²) in [6.45, 7) is 2.04. The van der Waals surface area contributed by atoms with Crippen molar-refractivity contribution < 1.29 is 17.9 Å². The first-order valence-electron chi connectivity index (χ1n) is 8.16. The molecule has 27 heavy (non-hydrogen) atoms. The SMILES string of the molecule is Cc1cc(NC(=O)C2CCN(S(C)(=O)=O)c3cc(Cl)ccc3O2)ccc1Br. The first-order valence-corrected chi connectivity index (χ1v) is 11.2. The van der Waals surface area contributed by atoms with E-state index in [0.29, 0.717) is 22.1 Å². The standard InChI is InChI=1S/C18H18BrClN2O4S/c1-11-9-13(4-5-14(11)19)21-18(23)17-7-8-22(27(2,24)25)15-10-12(20)3-6-16(15)26-17/h3-6,9-10,17H,7-8H2,1-2H3,(H,21,23). The second-order valence-corrected chi connectivity index (χ2v) is 9.49. The largest absolute Gasteiger partial charge is 0.478 e. The normalized spacial score (nSPS) is 16.9. The molecule has 1 amide bonds. The van der Waals surface area contributed by atoms with E-state index in [1.165, 1.54) is 10.4 Å². The van der Waals surface area contributed by atoms with Crippen molar-refractivity contribution in [1.82, 2.24) is 0 Å². The zero-order valence-electron chi connectivity index (χ0n) is 14.7. The molecule has 9 heteroatoms. The van der Waals surface area contributed by atoms with Gasteiger partial charge in [0.15, 0.2) is 6.10 Å². The molecule has 1 unspecified atom stereocenters. The minimum atomic E-state index is -3.54. The monoisotopic (exact) mass is 472 g/mol. The summed E-state index contributed by atoms with van der Waals surface area (Å²) >= 11 is 9.44. The Kier molecular flexibility index (Phi) is 5.69. The molecule has 1 atom stereocenters. The molecule has 0 saturated carbocycles. The average Bonchev–Trinajstić information content (AvgIpc) is 2.77. The van der Waals surface area contributed by atoms with E-state index < -0.39 is 16.1 Å². The third-order valence-corrected chi connectivity index (χ3v) is 6.48. The van der Waals surface area contributed by atoms with Crippen LogP contribution < -0.4 is 14.4 Å². The van der Waals surface area contributed by atoms with Crippen LogP contribution in [0.2, 0.25) is 5.02 Å². The van der Waals surface area contributed by atoms with Crippen LogP contribution in [0.5, 0.6) is 5.75 Å². The molecule has 2 aromatic rings. The highest BCUT2D eigenvalue weighted by molar-refractivity contribution is 9.10. The van der Waals surface area contributed by atoms with Crippen molar-refractivity contribution in [3.8, 4) is 5.75 Å². The molecule has 1 aliphatic heterocycles. The van der Waals surface area contributed by atoms with Gasteiger partial charge in [0.1, 0.15) is 5.75 Å². The van der Waals surface area contributed by atoms with Gasteiger partial charge in [-0.3, -0.25) is 9.10 Å². The van der Waals surface area contributed by atoms with Gasteiger partial charge in [-0.15, -0.1) is 0 Å². The number of carbonyl (C=O) groups excluding carboxylic acids is 1. The lowest BCUT2D eigenvalue weighted by Crippen LogP contribution is -2.36. The smallest absolute Gasteiger partial charge is 0.265 e. The molecule has 1 aliphatic rings. The predicted molar refractivity (Wildman–Crippen MR) is 110 cm³/mol. The number of benzene rings is 2. The van der Waals surface area contributed by atoms with Gasteiger partial charge in [-0.05, 0) is 48.9 Å². The number of halogens is 2. The van der Waals surface area contributed by atoms with Crippen molar-refractivity contribution >= 4 is 54.8 Å². The molecule has 144 valence electrons. The first kappa shape index (κ1) is 20.0. The van der Waals surface area contributed by atoms with Gasteiger partial charge in [0.2, 0.25) is 10.0 Å². The number of aryl methyl sites for hydroxylation is 1. The van der Waals surface area contributed by atoms with Crippen LogP contribution in [-0.2, 0) is 14.8 Å². The lowest BCUT2D eigenvalue weighted by Gasteiger charge is -2.21. The maximum absolute atomic E-state index is 12.7. The van der Waals surface area contributed by atoms with Gasteiger partial charge < -0.3 is 10.1 Å². The highest BCUT2D eigenvalue weighted by Crippen LogP contribution is 2.36. The fourth-order valence-corrected chi connectivity index (χ4v) is 4.18. The summed E-state index contributed by atoms with van der Waals surface area (Å²) in [7, 11) is -3.54. The van der Waals surface area contributed by atoms with E-state index in [9.17, 15) is 13.2 Å². The molecule has 0 bridgehead atoms. The van der Waals surface area contributed by atoms with Gasteiger partial charge in [-0.25, -0.2) is 8.42 Å². The zero-order valence-corrected chi connectivity index (χ0v) is 17.9. The van der Waals surface area contributed by atoms with Gasteiger partial charge in [0.25, 0.3) is 5.91 Å². The summed E-state index contributed by atoms with van der Waals surface area (Å²) in [4.78, 5) is 12.7.